The Labute approximate surface area is 173 Å². The molecule has 142 valence electrons. The molecule has 1 nitrogen and oxygen atoms in total. The van der Waals surface area contributed by atoms with E-state index in [4.69, 9.17) is 5.26 Å². The summed E-state index contributed by atoms with van der Waals surface area (Å²) in [6.45, 7) is 0. The number of hydrogen-bond donors (Lipinski definition) is 0. The van der Waals surface area contributed by atoms with Gasteiger partial charge < -0.3 is 0 Å². The van der Waals surface area contributed by atoms with Crippen LogP contribution in [0.2, 0.25) is 0 Å². The van der Waals surface area contributed by atoms with Crippen molar-refractivity contribution in [3.05, 3.63) is 58.9 Å². The molecule has 0 heterocycles. The lowest BCUT2D eigenvalue weighted by Gasteiger charge is -2.28. The normalized spacial score (nSPS) is 21.5. The van der Waals surface area contributed by atoms with E-state index in [0.717, 1.165) is 29.2 Å². The summed E-state index contributed by atoms with van der Waals surface area (Å²) in [5.41, 5.74) is 2.99. The highest BCUT2D eigenvalue weighted by molar-refractivity contribution is 8.04. The minimum Gasteiger partial charge on any atom is -0.206 e. The second-order valence-corrected chi connectivity index (χ2v) is 9.31. The van der Waals surface area contributed by atoms with Gasteiger partial charge >= 0.3 is 0 Å². The summed E-state index contributed by atoms with van der Waals surface area (Å²) in [6, 6.07) is 11.8. The molecule has 0 N–H and O–H groups in total. The summed E-state index contributed by atoms with van der Waals surface area (Å²) in [4.78, 5) is 0.346. The van der Waals surface area contributed by atoms with E-state index >= 15 is 0 Å². The van der Waals surface area contributed by atoms with Gasteiger partial charge in [0.15, 0.2) is 0 Å². The van der Waals surface area contributed by atoms with Crippen LogP contribution in [0.5, 0.6) is 0 Å². The molecule has 1 unspecified atom stereocenters. The molecule has 2 fully saturated rings. The smallest absolute Gasteiger partial charge is 0.139 e. The lowest BCUT2D eigenvalue weighted by molar-refractivity contribution is 0.296. The van der Waals surface area contributed by atoms with Crippen LogP contribution < -0.4 is 5.30 Å². The van der Waals surface area contributed by atoms with E-state index in [1.54, 1.807) is 6.07 Å². The molecule has 2 saturated carbocycles. The summed E-state index contributed by atoms with van der Waals surface area (Å²) in [7, 11) is 2.48. The Morgan fingerprint density at radius 3 is 2.07 bits per heavy atom. The molecule has 2 aliphatic rings. The van der Waals surface area contributed by atoms with Gasteiger partial charge in [0, 0.05) is 11.1 Å². The lowest BCUT2D eigenvalue weighted by Crippen LogP contribution is -2.14. The molecule has 0 aliphatic heterocycles. The first-order valence-corrected chi connectivity index (χ1v) is 11.3. The van der Waals surface area contributed by atoms with Crippen molar-refractivity contribution in [1.82, 2.24) is 0 Å². The minimum atomic E-state index is -0.402. The second-order valence-electron chi connectivity index (χ2n) is 7.89. The fourth-order valence-electron chi connectivity index (χ4n) is 4.31. The minimum absolute atomic E-state index is 0.346. The molecule has 0 amide bonds. The van der Waals surface area contributed by atoms with Crippen molar-refractivity contribution < 1.29 is 4.39 Å². The Morgan fingerprint density at radius 1 is 0.893 bits per heavy atom. The summed E-state index contributed by atoms with van der Waals surface area (Å²) < 4.78 is 14.1. The van der Waals surface area contributed by atoms with Gasteiger partial charge in [-0.2, -0.15) is 5.26 Å². The zero-order chi connectivity index (χ0) is 19.5. The van der Waals surface area contributed by atoms with E-state index in [0.29, 0.717) is 21.7 Å². The second kappa shape index (κ2) is 8.69. The van der Waals surface area contributed by atoms with Crippen molar-refractivity contribution in [3.8, 4) is 17.2 Å². The first kappa shape index (κ1) is 19.5. The van der Waals surface area contributed by atoms with E-state index in [9.17, 15) is 4.39 Å². The van der Waals surface area contributed by atoms with Crippen LogP contribution in [-0.2, 0) is 0 Å². The van der Waals surface area contributed by atoms with Gasteiger partial charge in [-0.25, -0.2) is 4.39 Å². The number of thioether (sulfide) groups is 1. The average Bonchev–Trinajstić information content (AvgIpc) is 3.55. The van der Waals surface area contributed by atoms with Gasteiger partial charge in [-0.3, -0.25) is 0 Å². The summed E-state index contributed by atoms with van der Waals surface area (Å²) in [5, 5.41) is 11.3. The van der Waals surface area contributed by atoms with Gasteiger partial charge in [0.2, 0.25) is 0 Å². The number of thiocyanates is 1. The Hall–Kier alpha value is -1.80. The highest BCUT2D eigenvalue weighted by atomic mass is 32.2. The molecule has 0 aromatic heterocycles. The molecule has 2 aromatic rings. The maximum absolute atomic E-state index is 14.1. The Balaban J connectivity index is 1.42. The number of halogens is 1. The molecular weight excluding hydrogens is 384 g/mol. The van der Waals surface area contributed by atoms with Gasteiger partial charge in [-0.1, -0.05) is 24.0 Å². The van der Waals surface area contributed by atoms with Crippen LogP contribution in [0.4, 0.5) is 4.39 Å². The number of hydrogen-bond acceptors (Lipinski definition) is 2. The highest BCUT2D eigenvalue weighted by Crippen LogP contribution is 2.47. The van der Waals surface area contributed by atoms with Crippen LogP contribution in [0.1, 0.15) is 61.1 Å². The molecule has 2 aliphatic carbocycles. The molecule has 0 radical (unpaired) electrons. The topological polar surface area (TPSA) is 23.8 Å². The van der Waals surface area contributed by atoms with Gasteiger partial charge in [0.1, 0.15) is 11.2 Å². The van der Waals surface area contributed by atoms with Gasteiger partial charge in [0.05, 0.1) is 4.90 Å². The predicted octanol–water partition coefficient (Wildman–Crippen LogP) is 5.98. The molecule has 4 rings (SSSR count). The number of rotatable bonds is 3. The van der Waals surface area contributed by atoms with Crippen LogP contribution in [-0.4, -0.2) is 0 Å². The maximum Gasteiger partial charge on any atom is 0.139 e. The third-order valence-electron chi connectivity index (χ3n) is 6.01. The summed E-state index contributed by atoms with van der Waals surface area (Å²) in [5.74, 6) is 8.49. The molecule has 4 heteroatoms. The Morgan fingerprint density at radius 2 is 1.50 bits per heavy atom. The van der Waals surface area contributed by atoms with Crippen molar-refractivity contribution in [3.63, 3.8) is 0 Å². The highest BCUT2D eigenvalue weighted by Gasteiger charge is 2.34. The summed E-state index contributed by atoms with van der Waals surface area (Å²) in [6.07, 6.45) is 8.33. The zero-order valence-electron chi connectivity index (χ0n) is 15.7. The number of nitriles is 1. The first-order chi connectivity index (χ1) is 13.6. The van der Waals surface area contributed by atoms with Crippen molar-refractivity contribution in [2.45, 2.75) is 49.3 Å². The van der Waals surface area contributed by atoms with Crippen LogP contribution in [0.25, 0.3) is 0 Å². The molecule has 0 bridgehead atoms. The van der Waals surface area contributed by atoms with Crippen LogP contribution in [0, 0.1) is 40.2 Å². The largest absolute Gasteiger partial charge is 0.206 e. The van der Waals surface area contributed by atoms with Crippen LogP contribution >= 0.6 is 21.0 Å². The third kappa shape index (κ3) is 4.60. The molecule has 0 saturated heterocycles. The maximum atomic E-state index is 14.1. The Kier molecular flexibility index (Phi) is 6.06. The van der Waals surface area contributed by atoms with Crippen LogP contribution in [0.15, 0.2) is 41.3 Å². The van der Waals surface area contributed by atoms with Crippen molar-refractivity contribution in [1.29, 1.82) is 5.26 Å². The fraction of sp³-hybridized carbons (Fsp3) is 0.375. The third-order valence-corrected chi connectivity index (χ3v) is 7.40. The standard InChI is InChI=1S/C24H23FNPS/c25-22-13-17(14-23(27)24(22)28-15-26)2-1-16-3-5-18(6-4-16)19-7-9-20(10-8-19)21-11-12-21/h3-6,13-14,19-21H,7-12,27H2. The zero-order valence-corrected chi connectivity index (χ0v) is 17.7. The molecular formula is C24H23FNPS. The van der Waals surface area contributed by atoms with E-state index in [2.05, 4.69) is 45.3 Å². The molecule has 0 spiro atoms. The molecule has 28 heavy (non-hydrogen) atoms. The average molecular weight is 407 g/mol. The van der Waals surface area contributed by atoms with E-state index in [1.807, 2.05) is 5.40 Å². The van der Waals surface area contributed by atoms with E-state index in [-0.39, 0.29) is 0 Å². The SMILES string of the molecule is N#CSc1c(F)cc(C#Cc2ccc(C3CCC(C4CC4)CC3)cc2)cc1P. The fourth-order valence-corrected chi connectivity index (χ4v) is 5.23. The van der Waals surface area contributed by atoms with E-state index < -0.39 is 5.82 Å². The van der Waals surface area contributed by atoms with Gasteiger partial charge in [0.25, 0.3) is 0 Å². The van der Waals surface area contributed by atoms with Gasteiger partial charge in [-0.05, 0) is 103 Å². The van der Waals surface area contributed by atoms with Crippen molar-refractivity contribution in [2.75, 3.05) is 0 Å². The number of benzene rings is 2. The predicted molar refractivity (Wildman–Crippen MR) is 117 cm³/mol. The first-order valence-electron chi connectivity index (χ1n) is 9.91. The molecule has 1 atom stereocenters. The van der Waals surface area contributed by atoms with E-state index in [1.165, 1.54) is 50.2 Å². The van der Waals surface area contributed by atoms with Crippen molar-refractivity contribution >= 4 is 26.3 Å². The number of nitrogens with zero attached hydrogens (tertiary/aromatic N) is 1. The molecule has 2 aromatic carbocycles. The monoisotopic (exact) mass is 407 g/mol. The summed E-state index contributed by atoms with van der Waals surface area (Å²) >= 11 is 0.833. The van der Waals surface area contributed by atoms with Crippen molar-refractivity contribution in [2.24, 2.45) is 11.8 Å². The van der Waals surface area contributed by atoms with Gasteiger partial charge in [-0.15, -0.1) is 9.24 Å². The lowest BCUT2D eigenvalue weighted by atomic mass is 9.77. The van der Waals surface area contributed by atoms with Crippen LogP contribution in [0.3, 0.4) is 0 Å². The Bertz CT molecular complexity index is 932. The quantitative estimate of drug-likeness (QED) is 0.270.